The van der Waals surface area contributed by atoms with Crippen LogP contribution in [0.4, 0.5) is 0 Å². The van der Waals surface area contributed by atoms with Gasteiger partial charge in [-0.05, 0) is 6.92 Å². The summed E-state index contributed by atoms with van der Waals surface area (Å²) in [5, 5.41) is 8.89. The van der Waals surface area contributed by atoms with Gasteiger partial charge in [0.25, 0.3) is 0 Å². The van der Waals surface area contributed by atoms with Crippen molar-refractivity contribution in [2.75, 3.05) is 0 Å². The van der Waals surface area contributed by atoms with Crippen molar-refractivity contribution in [2.45, 2.75) is 6.92 Å². The molecule has 0 heterocycles. The Morgan fingerprint density at radius 1 is 1.80 bits per heavy atom. The minimum absolute atomic E-state index is 0. The second-order valence-electron chi connectivity index (χ2n) is 0.492. The van der Waals surface area contributed by atoms with Crippen LogP contribution in [0.25, 0.3) is 0 Å². The molecule has 1 radical (unpaired) electrons. The maximum atomic E-state index is 8.89. The van der Waals surface area contributed by atoms with Crippen molar-refractivity contribution in [3.63, 3.8) is 0 Å². The van der Waals surface area contributed by atoms with Crippen molar-refractivity contribution >= 4 is 5.97 Å². The fraction of sp³-hybridized carbons (Fsp3) is 0.500. The van der Waals surface area contributed by atoms with Gasteiger partial charge in [0.15, 0.2) is 0 Å². The molecular formula is C2H3O2Zn. The smallest absolute Gasteiger partial charge is 0.550 e. The van der Waals surface area contributed by atoms with Gasteiger partial charge in [0.05, 0.1) is 0 Å². The third kappa shape index (κ3) is 2060. The molecule has 0 aromatic rings. The molecule has 0 rings (SSSR count). The summed E-state index contributed by atoms with van der Waals surface area (Å²) in [6.07, 6.45) is 0. The van der Waals surface area contributed by atoms with E-state index in [1.54, 1.807) is 0 Å². The average Bonchev–Trinajstić information content (AvgIpc) is 0.811. The molecule has 0 spiro atoms. The van der Waals surface area contributed by atoms with E-state index in [2.05, 4.69) is 0 Å². The van der Waals surface area contributed by atoms with Crippen LogP contribution < -0.4 is 5.11 Å². The van der Waals surface area contributed by atoms with Gasteiger partial charge in [-0.3, -0.25) is 0 Å². The molecule has 0 aromatic heterocycles. The van der Waals surface area contributed by atoms with E-state index in [1.165, 1.54) is 0 Å². The van der Waals surface area contributed by atoms with Gasteiger partial charge in [-0.25, -0.2) is 0 Å². The first kappa shape index (κ1) is 8.92. The first-order valence-electron chi connectivity index (χ1n) is 0.908. The second-order valence-corrected chi connectivity index (χ2v) is 0.492. The zero-order chi connectivity index (χ0) is 3.58. The van der Waals surface area contributed by atoms with Crippen LogP contribution in [0, 0.1) is 0 Å². The zero-order valence-electron chi connectivity index (χ0n) is 3.02. The summed E-state index contributed by atoms with van der Waals surface area (Å²) in [4.78, 5) is 8.89. The van der Waals surface area contributed by atoms with Gasteiger partial charge in [-0.2, -0.15) is 0 Å². The first-order chi connectivity index (χ1) is 1.73. The Morgan fingerprint density at radius 2 is 1.80 bits per heavy atom. The van der Waals surface area contributed by atoms with Gasteiger partial charge in [-0.15, -0.1) is 0 Å². The van der Waals surface area contributed by atoms with E-state index in [4.69, 9.17) is 9.90 Å². The Labute approximate surface area is 42.9 Å². The second kappa shape index (κ2) is 4.09. The van der Waals surface area contributed by atoms with Crippen LogP contribution in [0.1, 0.15) is 6.92 Å². The molecule has 0 aliphatic rings. The van der Waals surface area contributed by atoms with Gasteiger partial charge < -0.3 is 9.90 Å². The minimum atomic E-state index is -1.08. The SMILES string of the molecule is CC(=O)[O-].[Zn+]. The fourth-order valence-corrected chi connectivity index (χ4v) is 0. The van der Waals surface area contributed by atoms with E-state index in [0.29, 0.717) is 0 Å². The van der Waals surface area contributed by atoms with Crippen LogP contribution in [0.3, 0.4) is 0 Å². The molecule has 0 atom stereocenters. The molecule has 5 heavy (non-hydrogen) atoms. The molecule has 0 saturated heterocycles. The van der Waals surface area contributed by atoms with Crippen LogP contribution in [0.15, 0.2) is 0 Å². The summed E-state index contributed by atoms with van der Waals surface area (Å²) >= 11 is 0. The molecule has 0 saturated carbocycles. The van der Waals surface area contributed by atoms with Crippen molar-refractivity contribution in [2.24, 2.45) is 0 Å². The van der Waals surface area contributed by atoms with E-state index < -0.39 is 5.97 Å². The molecule has 2 nitrogen and oxygen atoms in total. The Balaban J connectivity index is 0. The van der Waals surface area contributed by atoms with Crippen LogP contribution in [0.2, 0.25) is 0 Å². The van der Waals surface area contributed by atoms with Crippen molar-refractivity contribution in [3.05, 3.63) is 0 Å². The van der Waals surface area contributed by atoms with Gasteiger partial charge in [0, 0.05) is 5.97 Å². The molecular weight excluding hydrogens is 121 g/mol. The Bertz CT molecular complexity index is 30.6. The fourth-order valence-electron chi connectivity index (χ4n) is 0. The maximum absolute atomic E-state index is 8.89. The van der Waals surface area contributed by atoms with Gasteiger partial charge >= 0.3 is 19.5 Å². The molecule has 0 fully saturated rings. The van der Waals surface area contributed by atoms with Gasteiger partial charge in [0.2, 0.25) is 0 Å². The average molecular weight is 124 g/mol. The third-order valence-electron chi connectivity index (χ3n) is 0. The number of aliphatic carboxylic acids is 1. The normalized spacial score (nSPS) is 5.00. The number of carboxylic acid groups (broad SMARTS) is 1. The summed E-state index contributed by atoms with van der Waals surface area (Å²) in [5.74, 6) is -1.08. The van der Waals surface area contributed by atoms with E-state index in [-0.39, 0.29) is 19.5 Å². The number of carbonyl (C=O) groups excluding carboxylic acids is 1. The van der Waals surface area contributed by atoms with Gasteiger partial charge in [0.1, 0.15) is 0 Å². The summed E-state index contributed by atoms with van der Waals surface area (Å²) in [5.41, 5.74) is 0. The van der Waals surface area contributed by atoms with Crippen LogP contribution in [-0.2, 0) is 24.3 Å². The third-order valence-corrected chi connectivity index (χ3v) is 0. The number of carboxylic acids is 1. The quantitative estimate of drug-likeness (QED) is 0.379. The van der Waals surface area contributed by atoms with Crippen molar-refractivity contribution in [1.82, 2.24) is 0 Å². The molecule has 0 amide bonds. The predicted octanol–water partition coefficient (Wildman–Crippen LogP) is -1.25. The predicted molar refractivity (Wildman–Crippen MR) is 10.7 cm³/mol. The minimum Gasteiger partial charge on any atom is -0.550 e. The van der Waals surface area contributed by atoms with Crippen LogP contribution in [0.5, 0.6) is 0 Å². The number of hydrogen-bond acceptors (Lipinski definition) is 2. The van der Waals surface area contributed by atoms with Crippen molar-refractivity contribution in [3.8, 4) is 0 Å². The summed E-state index contributed by atoms with van der Waals surface area (Å²) in [6.45, 7) is 0.972. The summed E-state index contributed by atoms with van der Waals surface area (Å²) in [6, 6.07) is 0. The Kier molecular flexibility index (Phi) is 7.30. The van der Waals surface area contributed by atoms with Gasteiger partial charge in [-0.1, -0.05) is 0 Å². The monoisotopic (exact) mass is 123 g/mol. The van der Waals surface area contributed by atoms with Crippen molar-refractivity contribution in [1.29, 1.82) is 0 Å². The first-order valence-corrected chi connectivity index (χ1v) is 0.908. The molecule has 0 aliphatic heterocycles. The van der Waals surface area contributed by atoms with E-state index >= 15 is 0 Å². The zero-order valence-corrected chi connectivity index (χ0v) is 5.99. The molecule has 0 aliphatic carbocycles. The van der Waals surface area contributed by atoms with E-state index in [0.717, 1.165) is 6.92 Å². The molecule has 0 unspecified atom stereocenters. The topological polar surface area (TPSA) is 40.1 Å². The van der Waals surface area contributed by atoms with Crippen LogP contribution >= 0.6 is 0 Å². The number of rotatable bonds is 0. The van der Waals surface area contributed by atoms with Crippen molar-refractivity contribution < 1.29 is 29.4 Å². The van der Waals surface area contributed by atoms with E-state index in [1.807, 2.05) is 0 Å². The standard InChI is InChI=1S/C2H4O2.Zn/c1-2(3)4;/h1H3,(H,3,4);/q;+1/p-1. The summed E-state index contributed by atoms with van der Waals surface area (Å²) < 4.78 is 0. The molecule has 0 bridgehead atoms. The molecule has 0 aromatic carbocycles. The molecule has 25 valence electrons. The number of hydrogen-bond donors (Lipinski definition) is 0. The largest absolute Gasteiger partial charge is 1.00 e. The Hall–Kier alpha value is 0.0934. The van der Waals surface area contributed by atoms with Crippen LogP contribution in [-0.4, -0.2) is 5.97 Å². The molecule has 0 N–H and O–H groups in total. The maximum Gasteiger partial charge on any atom is 1.00 e. The molecule has 3 heteroatoms. The number of carbonyl (C=O) groups is 1. The van der Waals surface area contributed by atoms with E-state index in [9.17, 15) is 0 Å². The Morgan fingerprint density at radius 3 is 1.80 bits per heavy atom. The summed E-state index contributed by atoms with van der Waals surface area (Å²) in [7, 11) is 0.